The lowest BCUT2D eigenvalue weighted by Gasteiger charge is -2.34. The fourth-order valence-electron chi connectivity index (χ4n) is 3.48. The van der Waals surface area contributed by atoms with Crippen molar-refractivity contribution in [3.8, 4) is 11.5 Å². The van der Waals surface area contributed by atoms with Gasteiger partial charge in [-0.2, -0.15) is 0 Å². The van der Waals surface area contributed by atoms with Gasteiger partial charge in [-0.1, -0.05) is 0 Å². The largest absolute Gasteiger partial charge is 0.497 e. The predicted octanol–water partition coefficient (Wildman–Crippen LogP) is 1.89. The van der Waals surface area contributed by atoms with Crippen molar-refractivity contribution in [2.24, 2.45) is 5.92 Å². The highest BCUT2D eigenvalue weighted by Gasteiger charge is 2.32. The second kappa shape index (κ2) is 6.02. The quantitative estimate of drug-likeness (QED) is 0.910. The van der Waals surface area contributed by atoms with Crippen LogP contribution in [0.25, 0.3) is 0 Å². The molecular formula is C16H24N2O2. The van der Waals surface area contributed by atoms with E-state index in [2.05, 4.69) is 22.3 Å². The van der Waals surface area contributed by atoms with E-state index in [1.807, 2.05) is 6.07 Å². The fourth-order valence-corrected chi connectivity index (χ4v) is 3.48. The van der Waals surface area contributed by atoms with Gasteiger partial charge in [0.1, 0.15) is 11.5 Å². The predicted molar refractivity (Wildman–Crippen MR) is 79.3 cm³/mol. The van der Waals surface area contributed by atoms with Crippen LogP contribution in [0.4, 0.5) is 0 Å². The Balaban J connectivity index is 1.68. The molecule has 0 amide bonds. The van der Waals surface area contributed by atoms with E-state index in [1.54, 1.807) is 14.2 Å². The summed E-state index contributed by atoms with van der Waals surface area (Å²) in [5, 5.41) is 3.61. The van der Waals surface area contributed by atoms with E-state index in [1.165, 1.54) is 38.0 Å². The molecule has 2 fully saturated rings. The van der Waals surface area contributed by atoms with Crippen molar-refractivity contribution in [2.75, 3.05) is 33.9 Å². The third-order valence-corrected chi connectivity index (χ3v) is 4.56. The van der Waals surface area contributed by atoms with Crippen LogP contribution in [0.1, 0.15) is 18.4 Å². The van der Waals surface area contributed by atoms with E-state index in [0.29, 0.717) is 0 Å². The number of nitrogens with zero attached hydrogens (tertiary/aromatic N) is 1. The fraction of sp³-hybridized carbons (Fsp3) is 0.625. The van der Waals surface area contributed by atoms with Crippen LogP contribution in [0.15, 0.2) is 18.2 Å². The number of nitrogens with one attached hydrogen (secondary N) is 1. The van der Waals surface area contributed by atoms with Gasteiger partial charge in [0.2, 0.25) is 0 Å². The number of benzene rings is 1. The molecule has 0 aliphatic carbocycles. The number of ether oxygens (including phenoxy) is 2. The molecule has 2 aliphatic rings. The lowest BCUT2D eigenvalue weighted by atomic mass is 9.93. The molecule has 3 rings (SSSR count). The van der Waals surface area contributed by atoms with Crippen LogP contribution in [-0.4, -0.2) is 44.8 Å². The average molecular weight is 276 g/mol. The number of rotatable bonds is 4. The monoisotopic (exact) mass is 276 g/mol. The number of methoxy groups -OCH3 is 2. The molecule has 2 atom stereocenters. The van der Waals surface area contributed by atoms with Gasteiger partial charge in [-0.15, -0.1) is 0 Å². The average Bonchev–Trinajstić information content (AvgIpc) is 2.94. The first-order valence-corrected chi connectivity index (χ1v) is 7.46. The minimum absolute atomic E-state index is 0.756. The highest BCUT2D eigenvalue weighted by atomic mass is 16.5. The molecule has 2 saturated heterocycles. The molecule has 2 aliphatic heterocycles. The zero-order valence-electron chi connectivity index (χ0n) is 12.4. The smallest absolute Gasteiger partial charge is 0.122 e. The van der Waals surface area contributed by atoms with Crippen molar-refractivity contribution in [2.45, 2.75) is 25.4 Å². The Hall–Kier alpha value is -1.26. The molecule has 2 unspecified atom stereocenters. The molecular weight excluding hydrogens is 252 g/mol. The minimum Gasteiger partial charge on any atom is -0.497 e. The molecule has 0 radical (unpaired) electrons. The van der Waals surface area contributed by atoms with Gasteiger partial charge in [0.15, 0.2) is 0 Å². The van der Waals surface area contributed by atoms with Gasteiger partial charge in [0, 0.05) is 25.2 Å². The van der Waals surface area contributed by atoms with Crippen LogP contribution in [0.2, 0.25) is 0 Å². The molecule has 1 N–H and O–H groups in total. The summed E-state index contributed by atoms with van der Waals surface area (Å²) >= 11 is 0. The van der Waals surface area contributed by atoms with E-state index in [0.717, 1.165) is 30.0 Å². The number of fused-ring (bicyclic) bond motifs is 1. The van der Waals surface area contributed by atoms with Gasteiger partial charge in [0.05, 0.1) is 14.2 Å². The summed E-state index contributed by atoms with van der Waals surface area (Å²) in [5.74, 6) is 2.57. The first kappa shape index (κ1) is 13.7. The summed E-state index contributed by atoms with van der Waals surface area (Å²) in [4.78, 5) is 2.56. The van der Waals surface area contributed by atoms with Crippen molar-refractivity contribution in [3.63, 3.8) is 0 Å². The van der Waals surface area contributed by atoms with Crippen molar-refractivity contribution in [1.82, 2.24) is 10.2 Å². The van der Waals surface area contributed by atoms with Gasteiger partial charge in [-0.25, -0.2) is 0 Å². The first-order valence-electron chi connectivity index (χ1n) is 7.46. The van der Waals surface area contributed by atoms with E-state index < -0.39 is 0 Å². The van der Waals surface area contributed by atoms with Crippen LogP contribution in [0.5, 0.6) is 11.5 Å². The highest BCUT2D eigenvalue weighted by Crippen LogP contribution is 2.28. The van der Waals surface area contributed by atoms with Gasteiger partial charge in [0.25, 0.3) is 0 Å². The van der Waals surface area contributed by atoms with E-state index in [-0.39, 0.29) is 0 Å². The molecule has 1 aromatic carbocycles. The summed E-state index contributed by atoms with van der Waals surface area (Å²) < 4.78 is 10.7. The van der Waals surface area contributed by atoms with Crippen LogP contribution < -0.4 is 14.8 Å². The molecule has 20 heavy (non-hydrogen) atoms. The summed E-state index contributed by atoms with van der Waals surface area (Å²) in [7, 11) is 3.41. The van der Waals surface area contributed by atoms with Crippen molar-refractivity contribution in [1.29, 1.82) is 0 Å². The Morgan fingerprint density at radius 2 is 1.90 bits per heavy atom. The first-order chi connectivity index (χ1) is 9.78. The molecule has 0 saturated carbocycles. The standard InChI is InChI=1S/C16H24N2O2/c1-19-14-7-12(8-15(9-14)20-2)10-18-6-4-16-13(11-18)3-5-17-16/h7-9,13,16-17H,3-6,10-11H2,1-2H3. The third-order valence-electron chi connectivity index (χ3n) is 4.56. The second-order valence-electron chi connectivity index (χ2n) is 5.85. The van der Waals surface area contributed by atoms with Crippen LogP contribution in [0, 0.1) is 5.92 Å². The number of likely N-dealkylation sites (tertiary alicyclic amines) is 1. The number of hydrogen-bond acceptors (Lipinski definition) is 4. The van der Waals surface area contributed by atoms with Crippen molar-refractivity contribution >= 4 is 0 Å². The number of hydrogen-bond donors (Lipinski definition) is 1. The molecule has 4 heteroatoms. The van der Waals surface area contributed by atoms with Gasteiger partial charge >= 0.3 is 0 Å². The minimum atomic E-state index is 0.756. The van der Waals surface area contributed by atoms with Crippen LogP contribution in [-0.2, 0) is 6.54 Å². The third kappa shape index (κ3) is 2.91. The van der Waals surface area contributed by atoms with Crippen LogP contribution in [0.3, 0.4) is 0 Å². The Morgan fingerprint density at radius 3 is 2.60 bits per heavy atom. The summed E-state index contributed by atoms with van der Waals surface area (Å²) in [6.45, 7) is 4.55. The Bertz CT molecular complexity index is 442. The maximum atomic E-state index is 5.35. The summed E-state index contributed by atoms with van der Waals surface area (Å²) in [6, 6.07) is 6.91. The Labute approximate surface area is 121 Å². The topological polar surface area (TPSA) is 33.7 Å². The van der Waals surface area contributed by atoms with Crippen molar-refractivity contribution in [3.05, 3.63) is 23.8 Å². The lowest BCUT2D eigenvalue weighted by Crippen LogP contribution is -2.43. The molecule has 0 spiro atoms. The molecule has 0 aromatic heterocycles. The van der Waals surface area contributed by atoms with Gasteiger partial charge in [-0.05, 0) is 49.5 Å². The van der Waals surface area contributed by atoms with E-state index in [9.17, 15) is 0 Å². The second-order valence-corrected chi connectivity index (χ2v) is 5.85. The summed E-state index contributed by atoms with van der Waals surface area (Å²) in [6.07, 6.45) is 2.59. The maximum absolute atomic E-state index is 5.35. The maximum Gasteiger partial charge on any atom is 0.122 e. The zero-order chi connectivity index (χ0) is 13.9. The molecule has 2 heterocycles. The molecule has 110 valence electrons. The Morgan fingerprint density at radius 1 is 1.15 bits per heavy atom. The van der Waals surface area contributed by atoms with E-state index in [4.69, 9.17) is 9.47 Å². The van der Waals surface area contributed by atoms with Crippen LogP contribution >= 0.6 is 0 Å². The van der Waals surface area contributed by atoms with E-state index >= 15 is 0 Å². The highest BCUT2D eigenvalue weighted by molar-refractivity contribution is 5.38. The molecule has 1 aromatic rings. The molecule has 0 bridgehead atoms. The SMILES string of the molecule is COc1cc(CN2CCC3NCCC3C2)cc(OC)c1. The lowest BCUT2D eigenvalue weighted by molar-refractivity contribution is 0.155. The zero-order valence-corrected chi connectivity index (χ0v) is 12.4. The van der Waals surface area contributed by atoms with Crippen molar-refractivity contribution < 1.29 is 9.47 Å². The summed E-state index contributed by atoms with van der Waals surface area (Å²) in [5.41, 5.74) is 1.27. The molecule has 4 nitrogen and oxygen atoms in total. The van der Waals surface area contributed by atoms with Gasteiger partial charge in [-0.3, -0.25) is 4.90 Å². The number of piperidine rings is 1. The Kier molecular flexibility index (Phi) is 4.13. The normalized spacial score (nSPS) is 26.3. The van der Waals surface area contributed by atoms with Gasteiger partial charge < -0.3 is 14.8 Å².